The van der Waals surface area contributed by atoms with Crippen LogP contribution in [-0.4, -0.2) is 182 Å². The van der Waals surface area contributed by atoms with Gasteiger partial charge in [0.1, 0.15) is 0 Å². The van der Waals surface area contributed by atoms with E-state index in [1.54, 1.807) is 0 Å². The molecule has 0 bridgehead atoms. The molecular formula is C31H77N11S. The van der Waals surface area contributed by atoms with Crippen LogP contribution < -0.4 is 38.9 Å². The highest BCUT2D eigenvalue weighted by Gasteiger charge is 2.17. The Kier molecular flexibility index (Phi) is 29.3. The molecule has 0 aromatic heterocycles. The Balaban J connectivity index is 4.92. The van der Waals surface area contributed by atoms with E-state index >= 15 is 0 Å². The van der Waals surface area contributed by atoms with Crippen LogP contribution in [0.1, 0.15) is 33.6 Å². The van der Waals surface area contributed by atoms with E-state index in [1.165, 1.54) is 18.6 Å². The Hall–Kier alpha value is -0.0900. The van der Waals surface area contributed by atoms with E-state index in [0.29, 0.717) is 25.0 Å². The van der Waals surface area contributed by atoms with Gasteiger partial charge in [0.2, 0.25) is 0 Å². The molecular weight excluding hydrogens is 558 g/mol. The topological polar surface area (TPSA) is 153 Å². The molecule has 0 heterocycles. The zero-order valence-electron chi connectivity index (χ0n) is 29.2. The Morgan fingerprint density at radius 3 is 1.26 bits per heavy atom. The van der Waals surface area contributed by atoms with Crippen molar-refractivity contribution in [2.75, 3.05) is 162 Å². The van der Waals surface area contributed by atoms with Crippen molar-refractivity contribution in [1.29, 1.82) is 0 Å². The highest BCUT2D eigenvalue weighted by Crippen LogP contribution is 2.24. The van der Waals surface area contributed by atoms with Gasteiger partial charge in [-0.25, -0.2) is 0 Å². The van der Waals surface area contributed by atoms with E-state index in [2.05, 4.69) is 68.8 Å². The van der Waals surface area contributed by atoms with Gasteiger partial charge in [-0.05, 0) is 36.6 Å². The van der Waals surface area contributed by atoms with Crippen molar-refractivity contribution in [3.8, 4) is 0 Å². The molecule has 0 radical (unpaired) electrons. The second-order valence-corrected chi connectivity index (χ2v) is 15.4. The van der Waals surface area contributed by atoms with Gasteiger partial charge in [0.05, 0.1) is 0 Å². The molecule has 0 aliphatic rings. The van der Waals surface area contributed by atoms with Crippen LogP contribution in [0.3, 0.4) is 0 Å². The predicted molar refractivity (Wildman–Crippen MR) is 195 cm³/mol. The first-order chi connectivity index (χ1) is 20.7. The first kappa shape index (κ1) is 42.9. The standard InChI is InChI=1S/C31H77N11S/c1-6-31(2,3)7-18-39(19-9-33)22-14-37-15-24-41(23-13-36-12-8-32)27-29-42(25-16-38-17-30-43(4)5)28-26-40(20-10-34)21-11-35/h36-38,43H,6-30,32-35H2,1-5H3. The smallest absolute Gasteiger partial charge is 0.0110 e. The zero-order valence-corrected chi connectivity index (χ0v) is 30.1. The Labute approximate surface area is 270 Å². The van der Waals surface area contributed by atoms with E-state index in [0.717, 1.165) is 124 Å². The molecule has 0 saturated heterocycles. The van der Waals surface area contributed by atoms with Crippen molar-refractivity contribution in [2.24, 2.45) is 28.3 Å². The average molecular weight is 636 g/mol. The number of nitrogens with two attached hydrogens (primary N) is 4. The molecule has 0 atom stereocenters. The first-order valence-electron chi connectivity index (χ1n) is 17.2. The minimum atomic E-state index is 0.156. The Morgan fingerprint density at radius 2 is 0.860 bits per heavy atom. The maximum Gasteiger partial charge on any atom is 0.0110 e. The number of thiol groups is 1. The third-order valence-corrected chi connectivity index (χ3v) is 9.46. The number of nitrogens with one attached hydrogen (secondary N) is 3. The summed E-state index contributed by atoms with van der Waals surface area (Å²) in [6.07, 6.45) is 7.13. The summed E-state index contributed by atoms with van der Waals surface area (Å²) in [4.78, 5) is 10.1. The van der Waals surface area contributed by atoms with Gasteiger partial charge in [-0.3, -0.25) is 25.6 Å². The summed E-state index contributed by atoms with van der Waals surface area (Å²) in [5, 5.41) is 10.9. The summed E-state index contributed by atoms with van der Waals surface area (Å²) < 4.78 is 0. The molecule has 0 rings (SSSR count). The molecule has 0 amide bonds. The fourth-order valence-electron chi connectivity index (χ4n) is 4.82. The Bertz CT molecular complexity index is 580. The third-order valence-electron chi connectivity index (χ3n) is 8.34. The van der Waals surface area contributed by atoms with E-state index in [9.17, 15) is 0 Å². The average Bonchev–Trinajstić information content (AvgIpc) is 2.98. The van der Waals surface area contributed by atoms with Gasteiger partial charge in [-0.15, -0.1) is 0 Å². The molecule has 0 spiro atoms. The van der Waals surface area contributed by atoms with Gasteiger partial charge in [0, 0.05) is 137 Å². The normalized spacial score (nSPS) is 12.9. The van der Waals surface area contributed by atoms with Crippen molar-refractivity contribution in [3.63, 3.8) is 0 Å². The second-order valence-electron chi connectivity index (χ2n) is 12.8. The van der Waals surface area contributed by atoms with Crippen molar-refractivity contribution in [2.45, 2.75) is 33.6 Å². The summed E-state index contributed by atoms with van der Waals surface area (Å²) in [5.74, 6) is 1.29. The lowest BCUT2D eigenvalue weighted by Crippen LogP contribution is -2.46. The highest BCUT2D eigenvalue weighted by molar-refractivity contribution is 8.15. The van der Waals surface area contributed by atoms with Gasteiger partial charge in [0.25, 0.3) is 0 Å². The molecule has 12 heteroatoms. The van der Waals surface area contributed by atoms with E-state index in [1.807, 2.05) is 0 Å². The molecule has 0 unspecified atom stereocenters. The lowest BCUT2D eigenvalue weighted by Gasteiger charge is -2.30. The lowest BCUT2D eigenvalue weighted by atomic mass is 9.86. The third kappa shape index (κ3) is 26.8. The molecule has 0 aliphatic carbocycles. The van der Waals surface area contributed by atoms with Gasteiger partial charge >= 0.3 is 0 Å². The van der Waals surface area contributed by atoms with Crippen LogP contribution in [-0.2, 0) is 0 Å². The number of nitrogens with zero attached hydrogens (tertiary/aromatic N) is 4. The van der Waals surface area contributed by atoms with Crippen molar-refractivity contribution < 1.29 is 0 Å². The first-order valence-corrected chi connectivity index (χ1v) is 19.6. The minimum absolute atomic E-state index is 0.156. The maximum absolute atomic E-state index is 5.92. The Morgan fingerprint density at radius 1 is 0.488 bits per heavy atom. The largest absolute Gasteiger partial charge is 0.329 e. The molecule has 11 nitrogen and oxygen atoms in total. The summed E-state index contributed by atoms with van der Waals surface area (Å²) in [6.45, 7) is 28.0. The lowest BCUT2D eigenvalue weighted by molar-refractivity contribution is 0.177. The molecule has 0 saturated carbocycles. The summed E-state index contributed by atoms with van der Waals surface area (Å²) >= 11 is 0. The van der Waals surface area contributed by atoms with Crippen molar-refractivity contribution in [3.05, 3.63) is 0 Å². The molecule has 0 fully saturated rings. The van der Waals surface area contributed by atoms with Gasteiger partial charge in [-0.2, -0.15) is 0 Å². The maximum atomic E-state index is 5.92. The molecule has 11 N–H and O–H groups in total. The van der Waals surface area contributed by atoms with Crippen LogP contribution in [0.4, 0.5) is 0 Å². The summed E-state index contributed by atoms with van der Waals surface area (Å²) in [5.41, 5.74) is 23.8. The molecule has 0 aromatic rings. The predicted octanol–water partition coefficient (Wildman–Crippen LogP) is -1.11. The minimum Gasteiger partial charge on any atom is -0.329 e. The van der Waals surface area contributed by atoms with Gasteiger partial charge < -0.3 is 43.8 Å². The summed E-state index contributed by atoms with van der Waals surface area (Å²) in [6, 6.07) is 0. The van der Waals surface area contributed by atoms with Crippen LogP contribution in [0.15, 0.2) is 0 Å². The molecule has 43 heavy (non-hydrogen) atoms. The van der Waals surface area contributed by atoms with Crippen LogP contribution in [0, 0.1) is 5.41 Å². The zero-order chi connectivity index (χ0) is 32.2. The number of hydrogen-bond acceptors (Lipinski definition) is 11. The molecule has 0 aromatic carbocycles. The van der Waals surface area contributed by atoms with Crippen LogP contribution in [0.25, 0.3) is 0 Å². The fraction of sp³-hybridized carbons (Fsp3) is 1.00. The van der Waals surface area contributed by atoms with Crippen molar-refractivity contribution >= 4 is 10.9 Å². The second kappa shape index (κ2) is 29.3. The number of rotatable bonds is 33. The van der Waals surface area contributed by atoms with Gasteiger partial charge in [0.15, 0.2) is 0 Å². The van der Waals surface area contributed by atoms with E-state index < -0.39 is 0 Å². The van der Waals surface area contributed by atoms with Crippen LogP contribution in [0.2, 0.25) is 0 Å². The van der Waals surface area contributed by atoms with Gasteiger partial charge in [-0.1, -0.05) is 27.2 Å². The van der Waals surface area contributed by atoms with E-state index in [-0.39, 0.29) is 10.9 Å². The van der Waals surface area contributed by atoms with Crippen LogP contribution in [0.5, 0.6) is 0 Å². The van der Waals surface area contributed by atoms with Crippen molar-refractivity contribution in [1.82, 2.24) is 35.6 Å². The highest BCUT2D eigenvalue weighted by atomic mass is 32.2. The quantitative estimate of drug-likeness (QED) is 0.0327. The van der Waals surface area contributed by atoms with Crippen LogP contribution >= 0.6 is 10.9 Å². The fourth-order valence-corrected chi connectivity index (χ4v) is 5.43. The van der Waals surface area contributed by atoms with E-state index in [4.69, 9.17) is 22.9 Å². The molecule has 262 valence electrons. The molecule has 0 aliphatic heterocycles. The summed E-state index contributed by atoms with van der Waals surface area (Å²) in [7, 11) is 0.156. The SMILES string of the molecule is CCC(C)(C)CCN(CCN)CCNCCN(CCNCCN)CCN(CCNCC[SH](C)C)CCN(CCN)CCN. The monoisotopic (exact) mass is 636 g/mol. The number of hydrogen-bond donors (Lipinski definition) is 8.